The molecule has 0 atom stereocenters. The number of nitrogens with zero attached hydrogens (tertiary/aromatic N) is 4. The van der Waals surface area contributed by atoms with Gasteiger partial charge < -0.3 is 20.1 Å². The highest BCUT2D eigenvalue weighted by molar-refractivity contribution is 6.10. The first-order valence-corrected chi connectivity index (χ1v) is 9.28. The van der Waals surface area contributed by atoms with Crippen molar-refractivity contribution in [3.63, 3.8) is 0 Å². The van der Waals surface area contributed by atoms with Crippen molar-refractivity contribution in [2.75, 3.05) is 37.6 Å². The molecule has 0 radical (unpaired) electrons. The normalized spacial score (nSPS) is 17.8. The van der Waals surface area contributed by atoms with E-state index in [1.165, 1.54) is 18.5 Å². The van der Waals surface area contributed by atoms with E-state index in [0.717, 1.165) is 54.7 Å². The average molecular weight is 350 g/mol. The lowest BCUT2D eigenvalue weighted by molar-refractivity contribution is 0.194. The SMILES string of the molecule is O=C(NCC1CC1)N1CCN(c2cc[nH]c3cnc4nccc4c23)CC1. The summed E-state index contributed by atoms with van der Waals surface area (Å²) in [6.07, 6.45) is 8.11. The number of aromatic amines is 1. The lowest BCUT2D eigenvalue weighted by atomic mass is 10.1. The van der Waals surface area contributed by atoms with Crippen LogP contribution in [0.25, 0.3) is 21.9 Å². The third-order valence-electron chi connectivity index (χ3n) is 5.42. The molecule has 0 bridgehead atoms. The Balaban J connectivity index is 1.36. The Morgan fingerprint density at radius 2 is 2.04 bits per heavy atom. The maximum absolute atomic E-state index is 12.3. The Morgan fingerprint density at radius 3 is 2.85 bits per heavy atom. The van der Waals surface area contributed by atoms with E-state index in [2.05, 4.69) is 31.2 Å². The van der Waals surface area contributed by atoms with Crippen LogP contribution in [-0.2, 0) is 0 Å². The van der Waals surface area contributed by atoms with Crippen molar-refractivity contribution in [3.05, 3.63) is 30.7 Å². The molecule has 2 amide bonds. The van der Waals surface area contributed by atoms with Crippen LogP contribution in [0, 0.1) is 5.92 Å². The molecule has 26 heavy (non-hydrogen) atoms. The van der Waals surface area contributed by atoms with E-state index in [-0.39, 0.29) is 6.03 Å². The second kappa shape index (κ2) is 6.16. The van der Waals surface area contributed by atoms with E-state index in [1.807, 2.05) is 23.4 Å². The van der Waals surface area contributed by atoms with Crippen LogP contribution in [0.2, 0.25) is 0 Å². The molecule has 0 unspecified atom stereocenters. The fourth-order valence-electron chi connectivity index (χ4n) is 3.72. The van der Waals surface area contributed by atoms with E-state index in [4.69, 9.17) is 0 Å². The van der Waals surface area contributed by atoms with E-state index < -0.39 is 0 Å². The van der Waals surface area contributed by atoms with Crippen molar-refractivity contribution in [2.45, 2.75) is 12.8 Å². The minimum absolute atomic E-state index is 0.0784. The van der Waals surface area contributed by atoms with Gasteiger partial charge in [0.15, 0.2) is 5.65 Å². The Kier molecular flexibility index (Phi) is 3.65. The number of urea groups is 1. The summed E-state index contributed by atoms with van der Waals surface area (Å²) in [5.41, 5.74) is 2.96. The van der Waals surface area contributed by atoms with Crippen LogP contribution in [-0.4, -0.2) is 58.6 Å². The number of hydrogen-bond acceptors (Lipinski definition) is 4. The zero-order valence-corrected chi connectivity index (χ0v) is 14.6. The fourth-order valence-corrected chi connectivity index (χ4v) is 3.72. The molecule has 5 rings (SSSR count). The number of rotatable bonds is 3. The smallest absolute Gasteiger partial charge is 0.317 e. The van der Waals surface area contributed by atoms with Gasteiger partial charge in [-0.25, -0.2) is 14.8 Å². The van der Waals surface area contributed by atoms with Gasteiger partial charge in [-0.05, 0) is 30.9 Å². The zero-order chi connectivity index (χ0) is 17.5. The van der Waals surface area contributed by atoms with Crippen LogP contribution < -0.4 is 10.2 Å². The molecule has 2 aliphatic rings. The summed E-state index contributed by atoms with van der Waals surface area (Å²) in [6.45, 7) is 3.96. The van der Waals surface area contributed by atoms with Crippen molar-refractivity contribution in [3.8, 4) is 0 Å². The molecule has 0 aromatic carbocycles. The molecule has 7 heteroatoms. The molecule has 2 fully saturated rings. The standard InChI is InChI=1S/C19H22N6O/c26-19(23-11-13-1-2-13)25-9-7-24(8-10-25)16-4-6-20-15-12-22-18-14(17(15)16)3-5-21-18/h3-6,12-13,20H,1-2,7-11H2,(H,23,26). The molecular formula is C19H22N6O. The second-order valence-electron chi connectivity index (χ2n) is 7.20. The highest BCUT2D eigenvalue weighted by Gasteiger charge is 2.26. The number of H-pyrrole nitrogens is 1. The quantitative estimate of drug-likeness (QED) is 0.760. The number of fused-ring (bicyclic) bond motifs is 3. The Labute approximate surface area is 151 Å². The number of carbonyl (C=O) groups excluding carboxylic acids is 1. The van der Waals surface area contributed by atoms with Crippen LogP contribution in [0.3, 0.4) is 0 Å². The molecule has 1 saturated heterocycles. The third kappa shape index (κ3) is 2.73. The van der Waals surface area contributed by atoms with Gasteiger partial charge in [0.25, 0.3) is 0 Å². The number of pyridine rings is 2. The maximum Gasteiger partial charge on any atom is 0.317 e. The third-order valence-corrected chi connectivity index (χ3v) is 5.42. The van der Waals surface area contributed by atoms with Gasteiger partial charge >= 0.3 is 6.03 Å². The van der Waals surface area contributed by atoms with Crippen LogP contribution in [0.4, 0.5) is 10.5 Å². The van der Waals surface area contributed by atoms with Gasteiger partial charge in [-0.2, -0.15) is 0 Å². The largest absolute Gasteiger partial charge is 0.367 e. The van der Waals surface area contributed by atoms with Crippen LogP contribution in [0.15, 0.2) is 30.7 Å². The summed E-state index contributed by atoms with van der Waals surface area (Å²) >= 11 is 0. The van der Waals surface area contributed by atoms with Gasteiger partial charge in [-0.15, -0.1) is 0 Å². The molecule has 134 valence electrons. The first-order chi connectivity index (χ1) is 12.8. The fraction of sp³-hybridized carbons (Fsp3) is 0.421. The van der Waals surface area contributed by atoms with Gasteiger partial charge in [-0.1, -0.05) is 0 Å². The Morgan fingerprint density at radius 1 is 1.19 bits per heavy atom. The molecule has 3 aromatic rings. The summed E-state index contributed by atoms with van der Waals surface area (Å²) in [7, 11) is 0. The van der Waals surface area contributed by atoms with Crippen LogP contribution in [0.5, 0.6) is 0 Å². The number of piperazine rings is 1. The van der Waals surface area contributed by atoms with Crippen LogP contribution >= 0.6 is 0 Å². The van der Waals surface area contributed by atoms with Crippen molar-refractivity contribution >= 4 is 33.7 Å². The van der Waals surface area contributed by atoms with Crippen LogP contribution in [0.1, 0.15) is 12.8 Å². The zero-order valence-electron chi connectivity index (χ0n) is 14.6. The van der Waals surface area contributed by atoms with Gasteiger partial charge in [0, 0.05) is 61.6 Å². The van der Waals surface area contributed by atoms with Crippen molar-refractivity contribution < 1.29 is 4.79 Å². The highest BCUT2D eigenvalue weighted by atomic mass is 16.2. The van der Waals surface area contributed by atoms with Crippen molar-refractivity contribution in [1.29, 1.82) is 0 Å². The Bertz CT molecular complexity index is 955. The lowest BCUT2D eigenvalue weighted by Crippen LogP contribution is -2.52. The van der Waals surface area contributed by atoms with Crippen molar-refractivity contribution in [2.24, 2.45) is 5.92 Å². The molecule has 1 aliphatic carbocycles. The number of hydrogen-bond donors (Lipinski definition) is 2. The monoisotopic (exact) mass is 350 g/mol. The first-order valence-electron chi connectivity index (χ1n) is 9.28. The number of aromatic nitrogens is 3. The number of nitrogens with one attached hydrogen (secondary N) is 2. The first kappa shape index (κ1) is 15.4. The molecule has 4 heterocycles. The summed E-state index contributed by atoms with van der Waals surface area (Å²) in [5, 5.41) is 5.29. The number of amides is 2. The van der Waals surface area contributed by atoms with Gasteiger partial charge in [0.2, 0.25) is 0 Å². The minimum atomic E-state index is 0.0784. The van der Waals surface area contributed by atoms with E-state index in [1.54, 1.807) is 6.20 Å². The molecule has 7 nitrogen and oxygen atoms in total. The van der Waals surface area contributed by atoms with Gasteiger partial charge in [0.1, 0.15) is 0 Å². The molecular weight excluding hydrogens is 328 g/mol. The predicted molar refractivity (Wildman–Crippen MR) is 101 cm³/mol. The summed E-state index contributed by atoms with van der Waals surface area (Å²) in [6, 6.07) is 4.20. The molecule has 1 saturated carbocycles. The molecule has 2 N–H and O–H groups in total. The predicted octanol–water partition coefficient (Wildman–Crippen LogP) is 2.35. The molecule has 1 aliphatic heterocycles. The molecule has 0 spiro atoms. The van der Waals surface area contributed by atoms with Crippen molar-refractivity contribution in [1.82, 2.24) is 25.2 Å². The van der Waals surface area contributed by atoms with E-state index in [0.29, 0.717) is 5.92 Å². The van der Waals surface area contributed by atoms with Gasteiger partial charge in [-0.3, -0.25) is 0 Å². The minimum Gasteiger partial charge on any atom is -0.367 e. The van der Waals surface area contributed by atoms with Gasteiger partial charge in [0.05, 0.1) is 11.7 Å². The topological polar surface area (TPSA) is 77.2 Å². The Hall–Kier alpha value is -2.83. The molecule has 3 aromatic heterocycles. The van der Waals surface area contributed by atoms with E-state index in [9.17, 15) is 4.79 Å². The number of carbonyl (C=O) groups is 1. The maximum atomic E-state index is 12.3. The second-order valence-corrected chi connectivity index (χ2v) is 7.20. The number of anilines is 1. The summed E-state index contributed by atoms with van der Waals surface area (Å²) in [4.78, 5) is 28.6. The van der Waals surface area contributed by atoms with E-state index >= 15 is 0 Å². The average Bonchev–Trinajstić information content (AvgIpc) is 3.39. The lowest BCUT2D eigenvalue weighted by Gasteiger charge is -2.36. The highest BCUT2D eigenvalue weighted by Crippen LogP contribution is 2.31. The summed E-state index contributed by atoms with van der Waals surface area (Å²) < 4.78 is 0. The summed E-state index contributed by atoms with van der Waals surface area (Å²) in [5.74, 6) is 0.710.